The number of unbranched alkanes of at least 4 members (excludes halogenated alkanes) is 3. The fraction of sp³-hybridized carbons (Fsp3) is 0.500. The molecule has 0 atom stereocenters. The fourth-order valence-electron chi connectivity index (χ4n) is 4.03. The minimum absolute atomic E-state index is 0.0623. The summed E-state index contributed by atoms with van der Waals surface area (Å²) in [5.41, 5.74) is 2.12. The number of hydrogen-bond acceptors (Lipinski definition) is 6. The maximum absolute atomic E-state index is 13.8. The van der Waals surface area contributed by atoms with Crippen LogP contribution in [-0.2, 0) is 13.0 Å². The summed E-state index contributed by atoms with van der Waals surface area (Å²) in [5, 5.41) is 1.61. The molecule has 0 N–H and O–H groups in total. The van der Waals surface area contributed by atoms with Crippen molar-refractivity contribution in [1.29, 1.82) is 0 Å². The Balaban J connectivity index is 1.77. The average Bonchev–Trinajstić information content (AvgIpc) is 3.12. The lowest BCUT2D eigenvalue weighted by atomic mass is 10.1. The molecule has 3 aromatic rings. The molecule has 0 bridgehead atoms. The Kier molecular flexibility index (Phi) is 7.35. The van der Waals surface area contributed by atoms with Gasteiger partial charge in [0.2, 0.25) is 0 Å². The van der Waals surface area contributed by atoms with Gasteiger partial charge in [-0.3, -0.25) is 9.36 Å². The van der Waals surface area contributed by atoms with Crippen molar-refractivity contribution in [3.05, 3.63) is 45.1 Å². The van der Waals surface area contributed by atoms with Crippen molar-refractivity contribution in [1.82, 2.24) is 14.5 Å². The number of fused-ring (bicyclic) bond motifs is 3. The van der Waals surface area contributed by atoms with E-state index in [-0.39, 0.29) is 5.56 Å². The van der Waals surface area contributed by atoms with Crippen LogP contribution in [0.5, 0.6) is 5.75 Å². The van der Waals surface area contributed by atoms with Crippen molar-refractivity contribution in [3.8, 4) is 11.4 Å². The lowest BCUT2D eigenvalue weighted by molar-refractivity contribution is 0.318. The quantitative estimate of drug-likeness (QED) is 0.241. The number of ether oxygens (including phenoxy) is 1. The molecule has 1 aliphatic heterocycles. The summed E-state index contributed by atoms with van der Waals surface area (Å²) in [6.45, 7) is 6.71. The molecule has 4 rings (SSSR count). The van der Waals surface area contributed by atoms with E-state index in [4.69, 9.17) is 9.72 Å². The molecule has 0 saturated heterocycles. The van der Waals surface area contributed by atoms with E-state index in [0.717, 1.165) is 58.5 Å². The normalized spacial score (nSPS) is 14.2. The molecule has 7 heteroatoms. The second-order valence-electron chi connectivity index (χ2n) is 8.04. The molecule has 0 aliphatic carbocycles. The maximum atomic E-state index is 13.8. The van der Waals surface area contributed by atoms with E-state index in [1.54, 1.807) is 23.1 Å². The lowest BCUT2D eigenvalue weighted by Gasteiger charge is -2.21. The van der Waals surface area contributed by atoms with E-state index in [0.29, 0.717) is 6.61 Å². The van der Waals surface area contributed by atoms with Crippen LogP contribution in [0.3, 0.4) is 0 Å². The summed E-state index contributed by atoms with van der Waals surface area (Å²) in [6, 6.07) is 7.80. The number of thiophene rings is 1. The highest BCUT2D eigenvalue weighted by Crippen LogP contribution is 2.34. The average molecular weight is 458 g/mol. The predicted octanol–water partition coefficient (Wildman–Crippen LogP) is 5.51. The number of thioether (sulfide) groups is 1. The van der Waals surface area contributed by atoms with Gasteiger partial charge in [-0.15, -0.1) is 11.3 Å². The van der Waals surface area contributed by atoms with Crippen LogP contribution in [-0.4, -0.2) is 40.4 Å². The molecule has 1 aromatic carbocycles. The van der Waals surface area contributed by atoms with Crippen LogP contribution < -0.4 is 10.3 Å². The van der Waals surface area contributed by atoms with E-state index in [9.17, 15) is 4.79 Å². The van der Waals surface area contributed by atoms with Crippen LogP contribution in [0.25, 0.3) is 15.9 Å². The Hall–Kier alpha value is -1.83. The van der Waals surface area contributed by atoms with Gasteiger partial charge in [0.1, 0.15) is 10.6 Å². The topological polar surface area (TPSA) is 47.4 Å². The number of hydrogen-bond donors (Lipinski definition) is 0. The monoisotopic (exact) mass is 457 g/mol. The van der Waals surface area contributed by atoms with Gasteiger partial charge in [0.15, 0.2) is 5.16 Å². The number of likely N-dealkylation sites (N-methyl/N-ethyl adjacent to an activating group) is 1. The van der Waals surface area contributed by atoms with Crippen molar-refractivity contribution in [3.63, 3.8) is 0 Å². The van der Waals surface area contributed by atoms with E-state index in [1.165, 1.54) is 29.7 Å². The third kappa shape index (κ3) is 4.83. The highest BCUT2D eigenvalue weighted by molar-refractivity contribution is 7.99. The summed E-state index contributed by atoms with van der Waals surface area (Å²) in [5.74, 6) is 1.79. The van der Waals surface area contributed by atoms with Gasteiger partial charge >= 0.3 is 0 Å². The van der Waals surface area contributed by atoms with Crippen LogP contribution in [0, 0.1) is 0 Å². The van der Waals surface area contributed by atoms with E-state index >= 15 is 0 Å². The van der Waals surface area contributed by atoms with Gasteiger partial charge in [-0.1, -0.05) is 37.9 Å². The molecule has 0 amide bonds. The van der Waals surface area contributed by atoms with Crippen LogP contribution >= 0.6 is 23.1 Å². The first-order chi connectivity index (χ1) is 15.1. The highest BCUT2D eigenvalue weighted by Gasteiger charge is 2.24. The molecule has 0 unspecified atom stereocenters. The first kappa shape index (κ1) is 22.4. The first-order valence-electron chi connectivity index (χ1n) is 11.2. The van der Waals surface area contributed by atoms with Gasteiger partial charge in [0.05, 0.1) is 17.7 Å². The number of nitrogens with zero attached hydrogens (tertiary/aromatic N) is 3. The second-order valence-corrected chi connectivity index (χ2v) is 10.2. The molecule has 3 heterocycles. The van der Waals surface area contributed by atoms with Crippen LogP contribution in [0.15, 0.2) is 34.2 Å². The molecule has 0 radical (unpaired) electrons. The molecule has 5 nitrogen and oxygen atoms in total. The van der Waals surface area contributed by atoms with E-state index < -0.39 is 0 Å². The van der Waals surface area contributed by atoms with Crippen molar-refractivity contribution in [2.45, 2.75) is 57.7 Å². The lowest BCUT2D eigenvalue weighted by Crippen LogP contribution is -2.27. The number of rotatable bonds is 9. The van der Waals surface area contributed by atoms with E-state index in [2.05, 4.69) is 18.9 Å². The zero-order chi connectivity index (χ0) is 21.8. The molecule has 1 aliphatic rings. The Morgan fingerprint density at radius 1 is 1.16 bits per heavy atom. The van der Waals surface area contributed by atoms with Crippen molar-refractivity contribution >= 4 is 33.3 Å². The third-order valence-corrected chi connectivity index (χ3v) is 7.81. The summed E-state index contributed by atoms with van der Waals surface area (Å²) >= 11 is 3.39. The SMILES string of the molecule is CCCCCCSc1nc2sc3c(c2c(=O)n1-c1ccc(OCC)cc1)CCN(C)C3. The smallest absolute Gasteiger partial charge is 0.267 e. The summed E-state index contributed by atoms with van der Waals surface area (Å²) in [6.07, 6.45) is 5.75. The molecule has 0 fully saturated rings. The maximum Gasteiger partial charge on any atom is 0.267 e. The zero-order valence-corrected chi connectivity index (χ0v) is 20.3. The van der Waals surface area contributed by atoms with Gasteiger partial charge in [0, 0.05) is 23.7 Å². The summed E-state index contributed by atoms with van der Waals surface area (Å²) < 4.78 is 7.40. The van der Waals surface area contributed by atoms with Crippen molar-refractivity contribution in [2.75, 3.05) is 26.0 Å². The fourth-order valence-corrected chi connectivity index (χ4v) is 6.38. The Morgan fingerprint density at radius 2 is 1.97 bits per heavy atom. The standard InChI is InChI=1S/C24H31N3O2S2/c1-4-6-7-8-15-30-24-25-22-21(19-13-14-26(3)16-20(19)31-22)23(28)27(24)17-9-11-18(12-10-17)29-5-2/h9-12H,4-8,13-16H2,1-3H3. The molecule has 2 aromatic heterocycles. The van der Waals surface area contributed by atoms with Gasteiger partial charge in [-0.05, 0) is 56.6 Å². The van der Waals surface area contributed by atoms with Gasteiger partial charge < -0.3 is 9.64 Å². The number of aromatic nitrogens is 2. The van der Waals surface area contributed by atoms with Gasteiger partial charge in [-0.25, -0.2) is 4.98 Å². The summed E-state index contributed by atoms with van der Waals surface area (Å²) in [7, 11) is 2.14. The van der Waals surface area contributed by atoms with Crippen LogP contribution in [0.1, 0.15) is 50.0 Å². The Morgan fingerprint density at radius 3 is 2.71 bits per heavy atom. The Labute approximate surface area is 192 Å². The minimum Gasteiger partial charge on any atom is -0.494 e. The molecule has 31 heavy (non-hydrogen) atoms. The molecular weight excluding hydrogens is 426 g/mol. The van der Waals surface area contributed by atoms with Gasteiger partial charge in [-0.2, -0.15) is 0 Å². The molecule has 0 spiro atoms. The molecular formula is C24H31N3O2S2. The first-order valence-corrected chi connectivity index (χ1v) is 13.0. The zero-order valence-electron chi connectivity index (χ0n) is 18.6. The molecule has 166 valence electrons. The second kappa shape index (κ2) is 10.2. The van der Waals surface area contributed by atoms with Crippen LogP contribution in [0.4, 0.5) is 0 Å². The largest absolute Gasteiger partial charge is 0.494 e. The van der Waals surface area contributed by atoms with Crippen molar-refractivity contribution in [2.24, 2.45) is 0 Å². The van der Waals surface area contributed by atoms with Crippen LogP contribution in [0.2, 0.25) is 0 Å². The number of benzene rings is 1. The minimum atomic E-state index is 0.0623. The highest BCUT2D eigenvalue weighted by atomic mass is 32.2. The van der Waals surface area contributed by atoms with Gasteiger partial charge in [0.25, 0.3) is 5.56 Å². The van der Waals surface area contributed by atoms with E-state index in [1.807, 2.05) is 35.8 Å². The third-order valence-electron chi connectivity index (χ3n) is 5.67. The summed E-state index contributed by atoms with van der Waals surface area (Å²) in [4.78, 5) is 23.3. The molecule has 0 saturated carbocycles. The Bertz CT molecular complexity index is 1090. The van der Waals surface area contributed by atoms with Crippen molar-refractivity contribution < 1.29 is 4.74 Å². The predicted molar refractivity (Wildman–Crippen MR) is 131 cm³/mol.